The molecule has 2 aliphatic carbocycles. The van der Waals surface area contributed by atoms with Gasteiger partial charge in [-0.2, -0.15) is 0 Å². The van der Waals surface area contributed by atoms with E-state index >= 15 is 0 Å². The number of likely N-dealkylation sites (tertiary alicyclic amines) is 2. The summed E-state index contributed by atoms with van der Waals surface area (Å²) in [6.07, 6.45) is 9.47. The molecule has 4 fully saturated rings. The van der Waals surface area contributed by atoms with Crippen LogP contribution in [0.1, 0.15) is 63.4 Å². The van der Waals surface area contributed by atoms with Crippen LogP contribution in [-0.4, -0.2) is 54.9 Å². The molecule has 4 aliphatic rings. The third-order valence-electron chi connectivity index (χ3n) is 8.42. The molecule has 5 heteroatoms. The lowest BCUT2D eigenvalue weighted by atomic mass is 9.62. The molecule has 0 N–H and O–H groups in total. The van der Waals surface area contributed by atoms with Crippen LogP contribution in [0.4, 0.5) is 0 Å². The Morgan fingerprint density at radius 1 is 1.00 bits per heavy atom. The van der Waals surface area contributed by atoms with Crippen LogP contribution >= 0.6 is 0 Å². The number of carbonyl (C=O) groups excluding carboxylic acids is 2. The van der Waals surface area contributed by atoms with Crippen molar-refractivity contribution in [1.82, 2.24) is 9.80 Å². The molecule has 5 rings (SSSR count). The molecule has 2 aliphatic heterocycles. The van der Waals surface area contributed by atoms with Crippen molar-refractivity contribution in [3.05, 3.63) is 29.8 Å². The van der Waals surface area contributed by atoms with E-state index in [1.165, 1.54) is 19.3 Å². The van der Waals surface area contributed by atoms with Crippen molar-refractivity contribution in [2.45, 2.75) is 63.2 Å². The first-order chi connectivity index (χ1) is 14.6. The van der Waals surface area contributed by atoms with Crippen LogP contribution in [0.5, 0.6) is 5.75 Å². The molecular formula is C25H34N2O3. The first-order valence-electron chi connectivity index (χ1n) is 11.8. The minimum absolute atomic E-state index is 0.275. The standard InChI is InChI=1S/C25H34N2O3/c1-30-21-8-5-19(6-9-21)25(13-14-25)23(29)27-17-20(24(18-27)11-4-12-24)7-10-22(28)26-15-2-3-16-26/h5-6,8-9,20H,2-4,7,10-18H2,1H3. The third-order valence-corrected chi connectivity index (χ3v) is 8.42. The van der Waals surface area contributed by atoms with Gasteiger partial charge in [-0.15, -0.1) is 0 Å². The molecule has 30 heavy (non-hydrogen) atoms. The van der Waals surface area contributed by atoms with E-state index in [0.717, 1.165) is 69.6 Å². The zero-order chi connectivity index (χ0) is 20.8. The molecule has 5 nitrogen and oxygen atoms in total. The minimum atomic E-state index is -0.322. The zero-order valence-corrected chi connectivity index (χ0v) is 18.2. The van der Waals surface area contributed by atoms with E-state index in [9.17, 15) is 9.59 Å². The van der Waals surface area contributed by atoms with Crippen molar-refractivity contribution >= 4 is 11.8 Å². The smallest absolute Gasteiger partial charge is 0.233 e. The predicted octanol–water partition coefficient (Wildman–Crippen LogP) is 3.76. The van der Waals surface area contributed by atoms with Crippen LogP contribution in [0.25, 0.3) is 0 Å². The van der Waals surface area contributed by atoms with E-state index in [1.807, 2.05) is 17.0 Å². The second-order valence-corrected chi connectivity index (χ2v) is 10.0. The molecule has 2 saturated heterocycles. The summed E-state index contributed by atoms with van der Waals surface area (Å²) in [5.41, 5.74) is 1.08. The summed E-state index contributed by atoms with van der Waals surface area (Å²) in [5, 5.41) is 0. The first-order valence-corrected chi connectivity index (χ1v) is 11.8. The van der Waals surface area contributed by atoms with Gasteiger partial charge in [-0.3, -0.25) is 9.59 Å². The van der Waals surface area contributed by atoms with Gasteiger partial charge in [-0.25, -0.2) is 0 Å². The number of benzene rings is 1. The first kappa shape index (κ1) is 19.9. The molecule has 0 aromatic heterocycles. The van der Waals surface area contributed by atoms with Gasteiger partial charge in [0.1, 0.15) is 5.75 Å². The molecule has 1 spiro atoms. The summed E-state index contributed by atoms with van der Waals surface area (Å²) >= 11 is 0. The average molecular weight is 411 g/mol. The molecule has 1 unspecified atom stereocenters. The largest absolute Gasteiger partial charge is 0.497 e. The van der Waals surface area contributed by atoms with Crippen LogP contribution in [0.2, 0.25) is 0 Å². The highest BCUT2D eigenvalue weighted by atomic mass is 16.5. The SMILES string of the molecule is COc1ccc(C2(C(=O)N3CC(CCC(=O)N4CCCC4)C4(CCC4)C3)CC2)cc1. The second-order valence-electron chi connectivity index (χ2n) is 10.0. The quantitative estimate of drug-likeness (QED) is 0.718. The van der Waals surface area contributed by atoms with Crippen molar-refractivity contribution in [3.63, 3.8) is 0 Å². The van der Waals surface area contributed by atoms with Gasteiger partial charge in [0, 0.05) is 32.6 Å². The van der Waals surface area contributed by atoms with Gasteiger partial charge >= 0.3 is 0 Å². The Labute approximate surface area is 179 Å². The molecule has 1 atom stereocenters. The molecule has 1 aromatic rings. The fraction of sp³-hybridized carbons (Fsp3) is 0.680. The summed E-state index contributed by atoms with van der Waals surface area (Å²) < 4.78 is 5.28. The normalized spacial score (nSPS) is 26.0. The summed E-state index contributed by atoms with van der Waals surface area (Å²) in [6.45, 7) is 3.60. The second kappa shape index (κ2) is 7.58. The average Bonchev–Trinajstić information content (AvgIpc) is 3.19. The molecule has 0 radical (unpaired) electrons. The third kappa shape index (κ3) is 3.30. The highest BCUT2D eigenvalue weighted by Gasteiger charge is 2.58. The number of amides is 2. The number of hydrogen-bond acceptors (Lipinski definition) is 3. The number of nitrogens with zero attached hydrogens (tertiary/aromatic N) is 2. The maximum atomic E-state index is 13.6. The lowest BCUT2D eigenvalue weighted by Crippen LogP contribution is -2.41. The van der Waals surface area contributed by atoms with Crippen LogP contribution in [0.15, 0.2) is 24.3 Å². The van der Waals surface area contributed by atoms with E-state index in [1.54, 1.807) is 7.11 Å². The zero-order valence-electron chi connectivity index (χ0n) is 18.2. The maximum absolute atomic E-state index is 13.6. The molecular weight excluding hydrogens is 376 g/mol. The van der Waals surface area contributed by atoms with E-state index in [-0.39, 0.29) is 10.8 Å². The van der Waals surface area contributed by atoms with Gasteiger partial charge in [0.05, 0.1) is 12.5 Å². The van der Waals surface area contributed by atoms with Crippen molar-refractivity contribution in [1.29, 1.82) is 0 Å². The summed E-state index contributed by atoms with van der Waals surface area (Å²) in [6, 6.07) is 8.05. The topological polar surface area (TPSA) is 49.9 Å². The van der Waals surface area contributed by atoms with Gasteiger partial charge in [0.15, 0.2) is 0 Å². The van der Waals surface area contributed by atoms with Gasteiger partial charge in [0.2, 0.25) is 11.8 Å². The van der Waals surface area contributed by atoms with E-state index in [0.29, 0.717) is 24.2 Å². The fourth-order valence-electron chi connectivity index (χ4n) is 6.17. The summed E-state index contributed by atoms with van der Waals surface area (Å²) in [7, 11) is 1.67. The van der Waals surface area contributed by atoms with E-state index < -0.39 is 0 Å². The molecule has 2 saturated carbocycles. The predicted molar refractivity (Wildman–Crippen MR) is 115 cm³/mol. The van der Waals surface area contributed by atoms with Crippen LogP contribution in [0, 0.1) is 11.3 Å². The van der Waals surface area contributed by atoms with Gasteiger partial charge in [-0.1, -0.05) is 18.6 Å². The summed E-state index contributed by atoms with van der Waals surface area (Å²) in [5.74, 6) is 1.95. The number of carbonyl (C=O) groups is 2. The van der Waals surface area contributed by atoms with E-state index in [4.69, 9.17) is 4.74 Å². The Balaban J connectivity index is 1.26. The van der Waals surface area contributed by atoms with Crippen LogP contribution in [0.3, 0.4) is 0 Å². The Kier molecular flexibility index (Phi) is 5.03. The lowest BCUT2D eigenvalue weighted by Gasteiger charge is -2.43. The lowest BCUT2D eigenvalue weighted by molar-refractivity contribution is -0.133. The van der Waals surface area contributed by atoms with Crippen LogP contribution in [-0.2, 0) is 15.0 Å². The number of ether oxygens (including phenoxy) is 1. The van der Waals surface area contributed by atoms with Gasteiger partial charge in [0.25, 0.3) is 0 Å². The summed E-state index contributed by atoms with van der Waals surface area (Å²) in [4.78, 5) is 30.4. The highest BCUT2D eigenvalue weighted by molar-refractivity contribution is 5.91. The highest BCUT2D eigenvalue weighted by Crippen LogP contribution is 2.56. The monoisotopic (exact) mass is 410 g/mol. The molecule has 1 aromatic carbocycles. The Morgan fingerprint density at radius 2 is 1.70 bits per heavy atom. The Morgan fingerprint density at radius 3 is 2.27 bits per heavy atom. The molecule has 162 valence electrons. The fourth-order valence-corrected chi connectivity index (χ4v) is 6.17. The molecule has 2 amide bonds. The molecule has 0 bridgehead atoms. The molecule has 2 heterocycles. The number of rotatable bonds is 6. The maximum Gasteiger partial charge on any atom is 0.233 e. The van der Waals surface area contributed by atoms with Gasteiger partial charge < -0.3 is 14.5 Å². The minimum Gasteiger partial charge on any atom is -0.497 e. The number of methoxy groups -OCH3 is 1. The van der Waals surface area contributed by atoms with Crippen LogP contribution < -0.4 is 4.74 Å². The Hall–Kier alpha value is -2.04. The van der Waals surface area contributed by atoms with Crippen molar-refractivity contribution in [2.24, 2.45) is 11.3 Å². The van der Waals surface area contributed by atoms with Crippen molar-refractivity contribution in [3.8, 4) is 5.75 Å². The van der Waals surface area contributed by atoms with Gasteiger partial charge in [-0.05, 0) is 74.0 Å². The van der Waals surface area contributed by atoms with Crippen molar-refractivity contribution < 1.29 is 14.3 Å². The number of hydrogen-bond donors (Lipinski definition) is 0. The Bertz CT molecular complexity index is 804. The van der Waals surface area contributed by atoms with Crippen molar-refractivity contribution in [2.75, 3.05) is 33.3 Å². The van der Waals surface area contributed by atoms with E-state index in [2.05, 4.69) is 17.0 Å².